The molecule has 2 aromatic rings. The third kappa shape index (κ3) is 4.47. The first kappa shape index (κ1) is 17.2. The molecule has 1 saturated heterocycles. The summed E-state index contributed by atoms with van der Waals surface area (Å²) in [5.74, 6) is 0. The number of piperazine rings is 1. The predicted molar refractivity (Wildman–Crippen MR) is 102 cm³/mol. The Balaban J connectivity index is 1.61. The minimum absolute atomic E-state index is 0.402. The molecule has 0 amide bonds. The summed E-state index contributed by atoms with van der Waals surface area (Å²) in [6.45, 7) is 9.39. The highest BCUT2D eigenvalue weighted by Crippen LogP contribution is 2.27. The van der Waals surface area contributed by atoms with Gasteiger partial charge in [0.1, 0.15) is 0 Å². The molecule has 1 heterocycles. The van der Waals surface area contributed by atoms with Gasteiger partial charge in [-0.15, -0.1) is 6.58 Å². The Kier molecular flexibility index (Phi) is 6.08. The minimum Gasteiger partial charge on any atom is -0.297 e. The lowest BCUT2D eigenvalue weighted by Crippen LogP contribution is -2.47. The van der Waals surface area contributed by atoms with Gasteiger partial charge in [-0.25, -0.2) is 0 Å². The number of rotatable bonds is 6. The van der Waals surface area contributed by atoms with E-state index in [0.29, 0.717) is 6.04 Å². The second kappa shape index (κ2) is 8.48. The molecule has 2 aromatic carbocycles. The molecule has 3 rings (SSSR count). The average molecular weight is 341 g/mol. The molecule has 24 heavy (non-hydrogen) atoms. The molecule has 0 aromatic heterocycles. The van der Waals surface area contributed by atoms with Crippen molar-refractivity contribution in [3.05, 3.63) is 83.4 Å². The zero-order valence-electron chi connectivity index (χ0n) is 14.1. The van der Waals surface area contributed by atoms with Gasteiger partial charge in [0.15, 0.2) is 0 Å². The van der Waals surface area contributed by atoms with Gasteiger partial charge in [-0.3, -0.25) is 9.80 Å². The predicted octanol–water partition coefficient (Wildman–Crippen LogP) is 4.78. The van der Waals surface area contributed by atoms with Gasteiger partial charge >= 0.3 is 0 Å². The number of hydrogen-bond acceptors (Lipinski definition) is 2. The molecule has 1 atom stereocenters. The maximum Gasteiger partial charge on any atom is 0.0406 e. The fourth-order valence-corrected chi connectivity index (χ4v) is 3.54. The van der Waals surface area contributed by atoms with Crippen LogP contribution >= 0.6 is 11.6 Å². The monoisotopic (exact) mass is 340 g/mol. The van der Waals surface area contributed by atoms with E-state index in [1.807, 2.05) is 18.2 Å². The number of nitrogens with zero attached hydrogens (tertiary/aromatic N) is 2. The van der Waals surface area contributed by atoms with Crippen molar-refractivity contribution < 1.29 is 0 Å². The maximum absolute atomic E-state index is 6.03. The molecule has 0 bridgehead atoms. The fraction of sp³-hybridized carbons (Fsp3) is 0.333. The topological polar surface area (TPSA) is 6.48 Å². The van der Waals surface area contributed by atoms with E-state index in [-0.39, 0.29) is 0 Å². The first-order valence-electron chi connectivity index (χ1n) is 8.63. The van der Waals surface area contributed by atoms with Crippen molar-refractivity contribution in [2.75, 3.05) is 26.2 Å². The maximum atomic E-state index is 6.03. The van der Waals surface area contributed by atoms with E-state index in [1.54, 1.807) is 0 Å². The Bertz CT molecular complexity index is 631. The highest BCUT2D eigenvalue weighted by Gasteiger charge is 2.24. The van der Waals surface area contributed by atoms with Crippen LogP contribution in [0.25, 0.3) is 0 Å². The third-order valence-corrected chi connectivity index (χ3v) is 4.99. The zero-order valence-corrected chi connectivity index (χ0v) is 14.8. The van der Waals surface area contributed by atoms with Crippen LogP contribution < -0.4 is 0 Å². The first-order valence-corrected chi connectivity index (χ1v) is 9.01. The minimum atomic E-state index is 0.402. The number of halogens is 1. The largest absolute Gasteiger partial charge is 0.297 e. The summed E-state index contributed by atoms with van der Waals surface area (Å²) in [4.78, 5) is 5.12. The van der Waals surface area contributed by atoms with Crippen molar-refractivity contribution in [1.82, 2.24) is 9.80 Å². The normalized spacial score (nSPS) is 17.5. The van der Waals surface area contributed by atoms with Crippen LogP contribution in [0.15, 0.2) is 67.3 Å². The van der Waals surface area contributed by atoms with Crippen molar-refractivity contribution in [3.8, 4) is 0 Å². The molecular weight excluding hydrogens is 316 g/mol. The number of benzene rings is 2. The van der Waals surface area contributed by atoms with Crippen molar-refractivity contribution in [2.45, 2.75) is 19.0 Å². The number of hydrogen-bond donors (Lipinski definition) is 0. The van der Waals surface area contributed by atoms with Crippen LogP contribution in [0.1, 0.15) is 23.6 Å². The van der Waals surface area contributed by atoms with Crippen LogP contribution in [0.5, 0.6) is 0 Å². The van der Waals surface area contributed by atoms with E-state index < -0.39 is 0 Å². The molecular formula is C21H25ClN2. The van der Waals surface area contributed by atoms with E-state index in [1.165, 1.54) is 11.1 Å². The SMILES string of the molecule is C=CCC(c1ccc(Cl)cc1)N1CCN(Cc2ccccc2)CC1. The van der Waals surface area contributed by atoms with Gasteiger partial charge < -0.3 is 0 Å². The van der Waals surface area contributed by atoms with Gasteiger partial charge in [0.25, 0.3) is 0 Å². The Labute approximate surface area is 150 Å². The van der Waals surface area contributed by atoms with E-state index in [9.17, 15) is 0 Å². The third-order valence-electron chi connectivity index (χ3n) is 4.74. The summed E-state index contributed by atoms with van der Waals surface area (Å²) in [7, 11) is 0. The average Bonchev–Trinajstić information content (AvgIpc) is 2.62. The molecule has 1 fully saturated rings. The quantitative estimate of drug-likeness (QED) is 0.698. The van der Waals surface area contributed by atoms with E-state index in [2.05, 4.69) is 58.8 Å². The molecule has 0 aliphatic carbocycles. The van der Waals surface area contributed by atoms with Crippen LogP contribution in [-0.2, 0) is 6.54 Å². The molecule has 1 aliphatic rings. The van der Waals surface area contributed by atoms with Gasteiger partial charge in [0.2, 0.25) is 0 Å². The van der Waals surface area contributed by atoms with Crippen LogP contribution in [0.2, 0.25) is 5.02 Å². The summed E-state index contributed by atoms with van der Waals surface area (Å²) in [5.41, 5.74) is 2.72. The summed E-state index contributed by atoms with van der Waals surface area (Å²) < 4.78 is 0. The summed E-state index contributed by atoms with van der Waals surface area (Å²) in [6, 6.07) is 19.4. The van der Waals surface area contributed by atoms with Crippen molar-refractivity contribution in [1.29, 1.82) is 0 Å². The van der Waals surface area contributed by atoms with Crippen LogP contribution in [0.4, 0.5) is 0 Å². The highest BCUT2D eigenvalue weighted by atomic mass is 35.5. The molecule has 0 saturated carbocycles. The van der Waals surface area contributed by atoms with E-state index in [0.717, 1.165) is 44.2 Å². The smallest absolute Gasteiger partial charge is 0.0406 e. The van der Waals surface area contributed by atoms with Gasteiger partial charge in [0, 0.05) is 43.8 Å². The van der Waals surface area contributed by atoms with Gasteiger partial charge in [-0.2, -0.15) is 0 Å². The zero-order chi connectivity index (χ0) is 16.8. The lowest BCUT2D eigenvalue weighted by atomic mass is 10.0. The summed E-state index contributed by atoms with van der Waals surface area (Å²) >= 11 is 6.03. The van der Waals surface area contributed by atoms with Gasteiger partial charge in [0.05, 0.1) is 0 Å². The van der Waals surface area contributed by atoms with Crippen molar-refractivity contribution in [2.24, 2.45) is 0 Å². The lowest BCUT2D eigenvalue weighted by Gasteiger charge is -2.39. The van der Waals surface area contributed by atoms with Crippen LogP contribution in [0, 0.1) is 0 Å². The Morgan fingerprint density at radius 1 is 0.958 bits per heavy atom. The second-order valence-electron chi connectivity index (χ2n) is 6.39. The lowest BCUT2D eigenvalue weighted by molar-refractivity contribution is 0.0922. The molecule has 2 nitrogen and oxygen atoms in total. The van der Waals surface area contributed by atoms with Gasteiger partial charge in [-0.05, 0) is 29.7 Å². The van der Waals surface area contributed by atoms with Crippen LogP contribution in [-0.4, -0.2) is 36.0 Å². The van der Waals surface area contributed by atoms with Crippen molar-refractivity contribution in [3.63, 3.8) is 0 Å². The fourth-order valence-electron chi connectivity index (χ4n) is 3.41. The Morgan fingerprint density at radius 2 is 1.62 bits per heavy atom. The highest BCUT2D eigenvalue weighted by molar-refractivity contribution is 6.30. The summed E-state index contributed by atoms with van der Waals surface area (Å²) in [6.07, 6.45) is 3.00. The molecule has 0 radical (unpaired) electrons. The molecule has 3 heteroatoms. The molecule has 0 N–H and O–H groups in total. The standard InChI is InChI=1S/C21H25ClN2/c1-2-6-21(19-9-11-20(22)12-10-19)24-15-13-23(14-16-24)17-18-7-4-3-5-8-18/h2-5,7-12,21H,1,6,13-17H2. The van der Waals surface area contributed by atoms with E-state index >= 15 is 0 Å². The Hall–Kier alpha value is -1.61. The first-order chi connectivity index (χ1) is 11.8. The molecule has 0 spiro atoms. The van der Waals surface area contributed by atoms with Gasteiger partial charge in [-0.1, -0.05) is 60.1 Å². The molecule has 1 aliphatic heterocycles. The Morgan fingerprint density at radius 3 is 2.25 bits per heavy atom. The molecule has 126 valence electrons. The van der Waals surface area contributed by atoms with Crippen LogP contribution in [0.3, 0.4) is 0 Å². The summed E-state index contributed by atoms with van der Waals surface area (Å²) in [5, 5.41) is 0.795. The second-order valence-corrected chi connectivity index (χ2v) is 6.83. The van der Waals surface area contributed by atoms with E-state index in [4.69, 9.17) is 11.6 Å². The van der Waals surface area contributed by atoms with Crippen molar-refractivity contribution >= 4 is 11.6 Å². The molecule has 1 unspecified atom stereocenters.